The van der Waals surface area contributed by atoms with Crippen molar-refractivity contribution in [2.75, 3.05) is 16.8 Å². The van der Waals surface area contributed by atoms with E-state index in [1.165, 1.54) is 28.9 Å². The van der Waals surface area contributed by atoms with E-state index in [0.29, 0.717) is 6.42 Å². The Bertz CT molecular complexity index is 900. The van der Waals surface area contributed by atoms with Gasteiger partial charge in [0.1, 0.15) is 5.82 Å². The molecule has 0 aromatic heterocycles. The van der Waals surface area contributed by atoms with E-state index in [0.717, 1.165) is 55.6 Å². The van der Waals surface area contributed by atoms with Crippen molar-refractivity contribution < 1.29 is 9.18 Å². The standard InChI is InChI=1S/C24H29FN2O/c1-16-13-21-20(17(2)23(16)26-22(28)14-24(3)10-11-24)5-4-12-27(21)15-18-6-8-19(25)9-7-18/h6-9,13H,4-5,10-12,14-15H2,1-3H3,(H,26,28). The minimum atomic E-state index is -0.199. The summed E-state index contributed by atoms with van der Waals surface area (Å²) >= 11 is 0. The Morgan fingerprint density at radius 1 is 1.21 bits per heavy atom. The van der Waals surface area contributed by atoms with Crippen LogP contribution in [0.3, 0.4) is 0 Å². The highest BCUT2D eigenvalue weighted by Crippen LogP contribution is 2.48. The number of carbonyl (C=O) groups is 1. The molecule has 3 nitrogen and oxygen atoms in total. The molecular weight excluding hydrogens is 351 g/mol. The van der Waals surface area contributed by atoms with Gasteiger partial charge in [0.25, 0.3) is 0 Å². The van der Waals surface area contributed by atoms with Crippen LogP contribution in [0.5, 0.6) is 0 Å². The second kappa shape index (κ2) is 7.23. The van der Waals surface area contributed by atoms with E-state index in [-0.39, 0.29) is 17.1 Å². The molecule has 148 valence electrons. The Kier molecular flexibility index (Phi) is 4.90. The van der Waals surface area contributed by atoms with Gasteiger partial charge in [-0.1, -0.05) is 19.1 Å². The number of benzene rings is 2. The third kappa shape index (κ3) is 3.91. The first kappa shape index (κ1) is 19.0. The molecule has 0 radical (unpaired) electrons. The second-order valence-electron chi connectivity index (χ2n) is 8.88. The Morgan fingerprint density at radius 2 is 1.93 bits per heavy atom. The molecule has 0 atom stereocenters. The molecule has 4 heteroatoms. The summed E-state index contributed by atoms with van der Waals surface area (Å²) in [6.45, 7) is 8.16. The lowest BCUT2D eigenvalue weighted by molar-refractivity contribution is -0.117. The van der Waals surface area contributed by atoms with Crippen LogP contribution in [0.2, 0.25) is 0 Å². The van der Waals surface area contributed by atoms with Gasteiger partial charge in [-0.15, -0.1) is 0 Å². The van der Waals surface area contributed by atoms with Gasteiger partial charge in [-0.25, -0.2) is 4.39 Å². The fraction of sp³-hybridized carbons (Fsp3) is 0.458. The molecule has 2 aliphatic rings. The van der Waals surface area contributed by atoms with Gasteiger partial charge in [0, 0.05) is 30.9 Å². The van der Waals surface area contributed by atoms with E-state index in [2.05, 4.69) is 37.1 Å². The van der Waals surface area contributed by atoms with E-state index < -0.39 is 0 Å². The van der Waals surface area contributed by atoms with Gasteiger partial charge >= 0.3 is 0 Å². The Labute approximate surface area is 166 Å². The van der Waals surface area contributed by atoms with Crippen LogP contribution in [0.4, 0.5) is 15.8 Å². The number of nitrogens with zero attached hydrogens (tertiary/aromatic N) is 1. The first-order valence-corrected chi connectivity index (χ1v) is 10.3. The first-order valence-electron chi connectivity index (χ1n) is 10.3. The number of hydrogen-bond donors (Lipinski definition) is 1. The fourth-order valence-corrected chi connectivity index (χ4v) is 4.30. The maximum atomic E-state index is 13.2. The van der Waals surface area contributed by atoms with Crippen LogP contribution < -0.4 is 10.2 Å². The predicted octanol–water partition coefficient (Wildman–Crippen LogP) is 5.52. The maximum absolute atomic E-state index is 13.2. The number of carbonyl (C=O) groups excluding carboxylic acids is 1. The molecule has 1 aliphatic carbocycles. The summed E-state index contributed by atoms with van der Waals surface area (Å²) in [4.78, 5) is 14.9. The summed E-state index contributed by atoms with van der Waals surface area (Å²) in [5.41, 5.74) is 7.18. The summed E-state index contributed by atoms with van der Waals surface area (Å²) < 4.78 is 13.2. The zero-order chi connectivity index (χ0) is 19.9. The van der Waals surface area contributed by atoms with Crippen molar-refractivity contribution in [1.82, 2.24) is 0 Å². The third-order valence-corrected chi connectivity index (χ3v) is 6.32. The van der Waals surface area contributed by atoms with Gasteiger partial charge in [-0.3, -0.25) is 4.79 Å². The van der Waals surface area contributed by atoms with Gasteiger partial charge < -0.3 is 10.2 Å². The Hall–Kier alpha value is -2.36. The van der Waals surface area contributed by atoms with E-state index >= 15 is 0 Å². The van der Waals surface area contributed by atoms with Crippen molar-refractivity contribution in [2.45, 2.75) is 59.4 Å². The molecule has 1 N–H and O–H groups in total. The van der Waals surface area contributed by atoms with E-state index in [4.69, 9.17) is 0 Å². The van der Waals surface area contributed by atoms with Gasteiger partial charge in [0.2, 0.25) is 5.91 Å². The molecule has 28 heavy (non-hydrogen) atoms. The van der Waals surface area contributed by atoms with Crippen LogP contribution in [0, 0.1) is 25.1 Å². The smallest absolute Gasteiger partial charge is 0.224 e. The van der Waals surface area contributed by atoms with E-state index in [9.17, 15) is 9.18 Å². The highest BCUT2D eigenvalue weighted by Gasteiger charge is 2.39. The highest BCUT2D eigenvalue weighted by atomic mass is 19.1. The maximum Gasteiger partial charge on any atom is 0.224 e. The molecule has 1 fully saturated rings. The fourth-order valence-electron chi connectivity index (χ4n) is 4.30. The topological polar surface area (TPSA) is 32.3 Å². The number of hydrogen-bond acceptors (Lipinski definition) is 2. The van der Waals surface area contributed by atoms with Crippen molar-refractivity contribution in [3.05, 3.63) is 58.4 Å². The molecule has 0 unspecified atom stereocenters. The highest BCUT2D eigenvalue weighted by molar-refractivity contribution is 5.94. The van der Waals surface area contributed by atoms with Crippen molar-refractivity contribution in [3.63, 3.8) is 0 Å². The summed E-state index contributed by atoms with van der Waals surface area (Å²) in [7, 11) is 0. The molecule has 1 saturated carbocycles. The number of aryl methyl sites for hydroxylation is 1. The van der Waals surface area contributed by atoms with Gasteiger partial charge in [-0.2, -0.15) is 0 Å². The van der Waals surface area contributed by atoms with Gasteiger partial charge in [-0.05, 0) is 85.4 Å². The molecule has 1 heterocycles. The van der Waals surface area contributed by atoms with Crippen molar-refractivity contribution >= 4 is 17.3 Å². The van der Waals surface area contributed by atoms with Crippen LogP contribution >= 0.6 is 0 Å². The molecule has 1 aliphatic heterocycles. The number of halogens is 1. The quantitative estimate of drug-likeness (QED) is 0.740. The van der Waals surface area contributed by atoms with E-state index in [1.54, 1.807) is 0 Å². The Morgan fingerprint density at radius 3 is 2.61 bits per heavy atom. The molecule has 2 aromatic rings. The molecule has 2 aromatic carbocycles. The lowest BCUT2D eigenvalue weighted by atomic mass is 9.92. The summed E-state index contributed by atoms with van der Waals surface area (Å²) in [5.74, 6) is -0.0694. The normalized spacial score (nSPS) is 17.2. The molecular formula is C24H29FN2O. The van der Waals surface area contributed by atoms with Crippen molar-refractivity contribution in [3.8, 4) is 0 Å². The van der Waals surface area contributed by atoms with E-state index in [1.807, 2.05) is 12.1 Å². The predicted molar refractivity (Wildman–Crippen MR) is 112 cm³/mol. The summed E-state index contributed by atoms with van der Waals surface area (Å²) in [6.07, 6.45) is 5.03. The Balaban J connectivity index is 1.58. The number of fused-ring (bicyclic) bond motifs is 1. The third-order valence-electron chi connectivity index (χ3n) is 6.32. The van der Waals surface area contributed by atoms with Crippen LogP contribution in [-0.4, -0.2) is 12.5 Å². The number of anilines is 2. The lowest BCUT2D eigenvalue weighted by Gasteiger charge is -2.34. The number of amides is 1. The lowest BCUT2D eigenvalue weighted by Crippen LogP contribution is -2.30. The van der Waals surface area contributed by atoms with Crippen molar-refractivity contribution in [1.29, 1.82) is 0 Å². The SMILES string of the molecule is Cc1cc2c(c(C)c1NC(=O)CC1(C)CC1)CCCN2Cc1ccc(F)cc1. The van der Waals surface area contributed by atoms with Crippen LogP contribution in [-0.2, 0) is 17.8 Å². The average Bonchev–Trinajstić information content (AvgIpc) is 3.38. The summed E-state index contributed by atoms with van der Waals surface area (Å²) in [6, 6.07) is 8.97. The second-order valence-corrected chi connectivity index (χ2v) is 8.88. The zero-order valence-electron chi connectivity index (χ0n) is 17.1. The van der Waals surface area contributed by atoms with Crippen LogP contribution in [0.1, 0.15) is 54.9 Å². The van der Waals surface area contributed by atoms with Crippen LogP contribution in [0.15, 0.2) is 30.3 Å². The monoisotopic (exact) mass is 380 g/mol. The minimum Gasteiger partial charge on any atom is -0.367 e. The zero-order valence-corrected chi connectivity index (χ0v) is 17.1. The molecule has 0 bridgehead atoms. The largest absolute Gasteiger partial charge is 0.367 e. The molecule has 0 saturated heterocycles. The first-order chi connectivity index (χ1) is 13.3. The van der Waals surface area contributed by atoms with Crippen LogP contribution in [0.25, 0.3) is 0 Å². The average molecular weight is 381 g/mol. The molecule has 0 spiro atoms. The molecule has 4 rings (SSSR count). The number of rotatable bonds is 5. The summed E-state index contributed by atoms with van der Waals surface area (Å²) in [5, 5.41) is 3.20. The minimum absolute atomic E-state index is 0.130. The van der Waals surface area contributed by atoms with Crippen molar-refractivity contribution in [2.24, 2.45) is 5.41 Å². The van der Waals surface area contributed by atoms with Gasteiger partial charge in [0.15, 0.2) is 0 Å². The van der Waals surface area contributed by atoms with Gasteiger partial charge in [0.05, 0.1) is 0 Å². The number of nitrogens with one attached hydrogen (secondary N) is 1. The molecule has 1 amide bonds.